The lowest BCUT2D eigenvalue weighted by Gasteiger charge is -2.37. The Morgan fingerprint density at radius 1 is 1.17 bits per heavy atom. The van der Waals surface area contributed by atoms with E-state index in [2.05, 4.69) is 10.3 Å². The molecular formula is C24H32FN3O2. The third kappa shape index (κ3) is 5.17. The van der Waals surface area contributed by atoms with E-state index in [1.165, 1.54) is 0 Å². The van der Waals surface area contributed by atoms with Crippen molar-refractivity contribution < 1.29 is 13.9 Å². The quantitative estimate of drug-likeness (QED) is 0.790. The molecule has 162 valence electrons. The highest BCUT2D eigenvalue weighted by Crippen LogP contribution is 2.33. The molecule has 6 heteroatoms. The van der Waals surface area contributed by atoms with Crippen molar-refractivity contribution in [2.75, 3.05) is 18.0 Å². The lowest BCUT2D eigenvalue weighted by molar-refractivity contribution is -0.124. The SMILES string of the molecule is Cc1cc(-c2cc(F)c(N3C[C@@H](C)O[C@@H](C)C3)cc2CNC(=O)C(C)C)cc(C)n1. The van der Waals surface area contributed by atoms with Crippen LogP contribution in [0.1, 0.15) is 44.6 Å². The van der Waals surface area contributed by atoms with Crippen LogP contribution in [0.3, 0.4) is 0 Å². The first kappa shape index (κ1) is 22.2. The molecule has 1 fully saturated rings. The third-order valence-corrected chi connectivity index (χ3v) is 5.30. The number of morpholine rings is 1. The van der Waals surface area contributed by atoms with Gasteiger partial charge in [0.05, 0.1) is 17.9 Å². The number of nitrogens with one attached hydrogen (secondary N) is 1. The van der Waals surface area contributed by atoms with Crippen molar-refractivity contribution in [1.29, 1.82) is 0 Å². The van der Waals surface area contributed by atoms with Crippen LogP contribution in [-0.4, -0.2) is 36.2 Å². The highest BCUT2D eigenvalue weighted by Gasteiger charge is 2.25. The number of pyridine rings is 1. The standard InChI is InChI=1S/C24H32FN3O2/c1-14(2)24(29)26-11-20-9-23(28-12-17(5)30-18(6)13-28)22(25)10-21(20)19-7-15(3)27-16(4)8-19/h7-10,14,17-18H,11-13H2,1-6H3,(H,26,29)/t17-,18+. The number of hydrogen-bond acceptors (Lipinski definition) is 4. The van der Waals surface area contributed by atoms with Gasteiger partial charge in [0.15, 0.2) is 0 Å². The van der Waals surface area contributed by atoms with E-state index in [1.54, 1.807) is 6.07 Å². The lowest BCUT2D eigenvalue weighted by Crippen LogP contribution is -2.45. The maximum atomic E-state index is 15.3. The van der Waals surface area contributed by atoms with Gasteiger partial charge in [-0.05, 0) is 68.7 Å². The molecule has 2 aromatic rings. The van der Waals surface area contributed by atoms with Gasteiger partial charge in [0, 0.05) is 36.9 Å². The number of halogens is 1. The van der Waals surface area contributed by atoms with Gasteiger partial charge in [-0.25, -0.2) is 4.39 Å². The average molecular weight is 414 g/mol. The van der Waals surface area contributed by atoms with E-state index in [0.717, 1.165) is 28.1 Å². The van der Waals surface area contributed by atoms with Crippen molar-refractivity contribution in [1.82, 2.24) is 10.3 Å². The molecule has 0 spiro atoms. The zero-order valence-corrected chi connectivity index (χ0v) is 18.8. The molecule has 1 N–H and O–H groups in total. The van der Waals surface area contributed by atoms with E-state index in [1.807, 2.05) is 64.6 Å². The number of benzene rings is 1. The molecule has 3 rings (SSSR count). The van der Waals surface area contributed by atoms with Gasteiger partial charge in [-0.2, -0.15) is 0 Å². The second-order valence-corrected chi connectivity index (χ2v) is 8.63. The Bertz CT molecular complexity index is 899. The molecule has 0 saturated carbocycles. The number of ether oxygens (including phenoxy) is 1. The average Bonchev–Trinajstić information content (AvgIpc) is 2.64. The first-order valence-electron chi connectivity index (χ1n) is 10.6. The summed E-state index contributed by atoms with van der Waals surface area (Å²) in [6.07, 6.45) is 0.0600. The smallest absolute Gasteiger partial charge is 0.222 e. The number of amides is 1. The van der Waals surface area contributed by atoms with Crippen molar-refractivity contribution in [3.63, 3.8) is 0 Å². The summed E-state index contributed by atoms with van der Waals surface area (Å²) >= 11 is 0. The fourth-order valence-corrected chi connectivity index (χ4v) is 4.01. The van der Waals surface area contributed by atoms with Gasteiger partial charge in [0.2, 0.25) is 5.91 Å². The van der Waals surface area contributed by atoms with E-state index < -0.39 is 0 Å². The third-order valence-electron chi connectivity index (χ3n) is 5.30. The molecule has 0 radical (unpaired) electrons. The second kappa shape index (κ2) is 9.13. The Morgan fingerprint density at radius 3 is 2.33 bits per heavy atom. The fraction of sp³-hybridized carbons (Fsp3) is 0.500. The highest BCUT2D eigenvalue weighted by atomic mass is 19.1. The Labute approximate surface area is 178 Å². The van der Waals surface area contributed by atoms with Crippen LogP contribution in [-0.2, 0) is 16.1 Å². The van der Waals surface area contributed by atoms with Crippen molar-refractivity contribution >= 4 is 11.6 Å². The van der Waals surface area contributed by atoms with E-state index >= 15 is 4.39 Å². The molecule has 1 aromatic carbocycles. The monoisotopic (exact) mass is 413 g/mol. The number of carbonyl (C=O) groups is 1. The summed E-state index contributed by atoms with van der Waals surface area (Å²) in [5, 5.41) is 2.98. The molecule has 5 nitrogen and oxygen atoms in total. The fourth-order valence-electron chi connectivity index (χ4n) is 4.01. The number of nitrogens with zero attached hydrogens (tertiary/aromatic N) is 2. The van der Waals surface area contributed by atoms with E-state index in [9.17, 15) is 4.79 Å². The Hall–Kier alpha value is -2.47. The molecular weight excluding hydrogens is 381 g/mol. The minimum atomic E-state index is -0.266. The number of aryl methyl sites for hydroxylation is 2. The topological polar surface area (TPSA) is 54.5 Å². The molecule has 0 aliphatic carbocycles. The van der Waals surface area contributed by atoms with Gasteiger partial charge in [-0.1, -0.05) is 13.8 Å². The van der Waals surface area contributed by atoms with Crippen LogP contribution in [0.5, 0.6) is 0 Å². The first-order chi connectivity index (χ1) is 14.1. The van der Waals surface area contributed by atoms with Crippen LogP contribution >= 0.6 is 0 Å². The lowest BCUT2D eigenvalue weighted by atomic mass is 9.97. The predicted molar refractivity (Wildman–Crippen MR) is 118 cm³/mol. The predicted octanol–water partition coefficient (Wildman–Crippen LogP) is 4.39. The number of anilines is 1. The van der Waals surface area contributed by atoms with Crippen LogP contribution in [0, 0.1) is 25.6 Å². The Kier molecular flexibility index (Phi) is 6.76. The molecule has 1 saturated heterocycles. The summed E-state index contributed by atoms with van der Waals surface area (Å²) < 4.78 is 21.1. The van der Waals surface area contributed by atoms with Gasteiger partial charge in [0.1, 0.15) is 5.82 Å². The summed E-state index contributed by atoms with van der Waals surface area (Å²) in [5.74, 6) is -0.403. The summed E-state index contributed by atoms with van der Waals surface area (Å²) in [6.45, 7) is 13.2. The van der Waals surface area contributed by atoms with E-state index in [-0.39, 0.29) is 29.9 Å². The van der Waals surface area contributed by atoms with Gasteiger partial charge in [-0.15, -0.1) is 0 Å². The van der Waals surface area contributed by atoms with Gasteiger partial charge >= 0.3 is 0 Å². The summed E-state index contributed by atoms with van der Waals surface area (Å²) in [4.78, 5) is 18.7. The Balaban J connectivity index is 2.04. The van der Waals surface area contributed by atoms with Crippen molar-refractivity contribution in [3.05, 3.63) is 47.0 Å². The maximum absolute atomic E-state index is 15.3. The largest absolute Gasteiger partial charge is 0.372 e. The first-order valence-corrected chi connectivity index (χ1v) is 10.6. The number of hydrogen-bond donors (Lipinski definition) is 1. The van der Waals surface area contributed by atoms with E-state index in [0.29, 0.717) is 25.3 Å². The highest BCUT2D eigenvalue weighted by molar-refractivity contribution is 5.79. The zero-order valence-electron chi connectivity index (χ0n) is 18.8. The van der Waals surface area contributed by atoms with Crippen LogP contribution in [0.4, 0.5) is 10.1 Å². The normalized spacial score (nSPS) is 19.3. The molecule has 1 aliphatic heterocycles. The van der Waals surface area contributed by atoms with Crippen LogP contribution in [0.15, 0.2) is 24.3 Å². The summed E-state index contributed by atoms with van der Waals surface area (Å²) in [5.41, 5.74) is 4.88. The van der Waals surface area contributed by atoms with E-state index in [4.69, 9.17) is 4.74 Å². The summed E-state index contributed by atoms with van der Waals surface area (Å²) in [7, 11) is 0. The molecule has 0 unspecified atom stereocenters. The summed E-state index contributed by atoms with van der Waals surface area (Å²) in [6, 6.07) is 7.37. The second-order valence-electron chi connectivity index (χ2n) is 8.63. The van der Waals surface area contributed by atoms with Crippen molar-refractivity contribution in [2.24, 2.45) is 5.92 Å². The van der Waals surface area contributed by atoms with Gasteiger partial charge < -0.3 is 15.0 Å². The molecule has 1 amide bonds. The minimum absolute atomic E-state index is 0.0254. The molecule has 2 heterocycles. The zero-order chi connectivity index (χ0) is 22.0. The molecule has 0 bridgehead atoms. The molecule has 1 aliphatic rings. The minimum Gasteiger partial charge on any atom is -0.372 e. The van der Waals surface area contributed by atoms with Crippen LogP contribution < -0.4 is 10.2 Å². The molecule has 2 atom stereocenters. The van der Waals surface area contributed by atoms with Crippen molar-refractivity contribution in [2.45, 2.75) is 60.3 Å². The van der Waals surface area contributed by atoms with Crippen LogP contribution in [0.25, 0.3) is 11.1 Å². The maximum Gasteiger partial charge on any atom is 0.222 e. The number of rotatable bonds is 5. The van der Waals surface area contributed by atoms with Crippen LogP contribution in [0.2, 0.25) is 0 Å². The number of carbonyl (C=O) groups excluding carboxylic acids is 1. The molecule has 1 aromatic heterocycles. The molecule has 30 heavy (non-hydrogen) atoms. The van der Waals surface area contributed by atoms with Gasteiger partial charge in [-0.3, -0.25) is 9.78 Å². The van der Waals surface area contributed by atoms with Gasteiger partial charge in [0.25, 0.3) is 0 Å². The van der Waals surface area contributed by atoms with Crippen molar-refractivity contribution in [3.8, 4) is 11.1 Å². The number of aromatic nitrogens is 1. The Morgan fingerprint density at radius 2 is 1.77 bits per heavy atom.